The van der Waals surface area contributed by atoms with Gasteiger partial charge in [0.15, 0.2) is 5.78 Å². The molecule has 9 atom stereocenters. The topological polar surface area (TPSA) is 204 Å². The van der Waals surface area contributed by atoms with E-state index >= 15 is 0 Å². The van der Waals surface area contributed by atoms with Gasteiger partial charge in [-0.15, -0.1) is 0 Å². The Kier molecular flexibility index (Phi) is 32.1. The number of hydrogen-bond donors (Lipinski definition) is 3. The van der Waals surface area contributed by atoms with Gasteiger partial charge in [-0.05, 0) is 42.6 Å². The summed E-state index contributed by atoms with van der Waals surface area (Å²) in [5, 5.41) is 15.1. The van der Waals surface area contributed by atoms with Gasteiger partial charge < -0.3 is 58.7 Å². The van der Waals surface area contributed by atoms with Crippen LogP contribution in [0.4, 0.5) is 0 Å². The van der Waals surface area contributed by atoms with Crippen molar-refractivity contribution in [3.8, 4) is 0 Å². The molecule has 3 rings (SSSR count). The zero-order valence-electron chi connectivity index (χ0n) is 46.9. The monoisotopic (exact) mass is 1050 g/mol. The zero-order valence-corrected chi connectivity index (χ0v) is 46.9. The van der Waals surface area contributed by atoms with Gasteiger partial charge in [-0.2, -0.15) is 0 Å². The molecule has 3 N–H and O–H groups in total. The molecule has 0 aliphatic carbocycles. The van der Waals surface area contributed by atoms with E-state index in [0.717, 1.165) is 44.6 Å². The van der Waals surface area contributed by atoms with Crippen LogP contribution in [0, 0.1) is 35.5 Å². The molecule has 1 aromatic rings. The summed E-state index contributed by atoms with van der Waals surface area (Å²) in [5.41, 5.74) is 0.937. The minimum absolute atomic E-state index is 0.0100. The van der Waals surface area contributed by atoms with Crippen LogP contribution in [-0.4, -0.2) is 213 Å². The van der Waals surface area contributed by atoms with Crippen LogP contribution in [0.1, 0.15) is 92.6 Å². The number of nitrogens with zero attached hydrogens (tertiary/aromatic N) is 3. The zero-order chi connectivity index (χ0) is 54.4. The number of ether oxygens (including phenoxy) is 7. The van der Waals surface area contributed by atoms with Gasteiger partial charge >= 0.3 is 0 Å². The van der Waals surface area contributed by atoms with Gasteiger partial charge in [0.25, 0.3) is 0 Å². The standard InChI is InChI=1S/C56H97N5O13/c1-11-42(6)53(59(8)56(67)46(40(2)3)38-49(64)52(41(4)5)60-23-19-57-20-24-60)50(68-9)39-51(65)61-22-15-18-47(61)54(69-10)43(7)48(63)37-45(36-44-16-13-12-14-17-44)55(66)58-21-26-70-28-30-72-32-34-74-35-33-73-31-29-71-27-25-62/h12-14,16-17,40-43,45-47,50,52-54,57,62H,11,15,18-39H2,1-10H3,(H,58,66)/t42-,43-,45+,46-,47-,50?,52-,53-,54+/m0/s1. The maximum Gasteiger partial charge on any atom is 0.226 e. The number of ketones is 2. The van der Waals surface area contributed by atoms with E-state index in [-0.39, 0.29) is 98.1 Å². The molecule has 0 radical (unpaired) electrons. The predicted molar refractivity (Wildman–Crippen MR) is 285 cm³/mol. The van der Waals surface area contributed by atoms with Gasteiger partial charge in [-0.25, -0.2) is 0 Å². The van der Waals surface area contributed by atoms with Crippen molar-refractivity contribution in [3.63, 3.8) is 0 Å². The maximum absolute atomic E-state index is 14.6. The van der Waals surface area contributed by atoms with Crippen LogP contribution in [0.3, 0.4) is 0 Å². The van der Waals surface area contributed by atoms with E-state index in [1.807, 2.05) is 56.0 Å². The van der Waals surface area contributed by atoms with Gasteiger partial charge in [-0.3, -0.25) is 28.9 Å². The molecule has 2 aliphatic rings. The number of Topliss-reactive ketones (excluding diaryl/α,β-unsaturated/α-hetero) is 2. The number of likely N-dealkylation sites (tertiary alicyclic amines) is 1. The average Bonchev–Trinajstić information content (AvgIpc) is 3.88. The summed E-state index contributed by atoms with van der Waals surface area (Å²) in [6.45, 7) is 21.9. The normalized spacial score (nSPS) is 18.7. The van der Waals surface area contributed by atoms with Gasteiger partial charge in [0.05, 0.1) is 109 Å². The summed E-state index contributed by atoms with van der Waals surface area (Å²) in [4.78, 5) is 77.1. The number of hydrogen-bond acceptors (Lipinski definition) is 15. The van der Waals surface area contributed by atoms with E-state index in [1.54, 1.807) is 26.2 Å². The van der Waals surface area contributed by atoms with Crippen LogP contribution < -0.4 is 10.6 Å². The van der Waals surface area contributed by atoms with E-state index in [4.69, 9.17) is 38.3 Å². The Morgan fingerprint density at radius 2 is 1.32 bits per heavy atom. The molecule has 2 fully saturated rings. The average molecular weight is 1050 g/mol. The first kappa shape index (κ1) is 64.9. The fourth-order valence-corrected chi connectivity index (χ4v) is 10.5. The van der Waals surface area contributed by atoms with E-state index < -0.39 is 36.0 Å². The van der Waals surface area contributed by atoms with Crippen LogP contribution >= 0.6 is 0 Å². The molecule has 2 saturated heterocycles. The van der Waals surface area contributed by atoms with Crippen LogP contribution in [0.25, 0.3) is 0 Å². The number of aliphatic hydroxyl groups is 1. The molecule has 18 nitrogen and oxygen atoms in total. The fourth-order valence-electron chi connectivity index (χ4n) is 10.5. The van der Waals surface area contributed by atoms with E-state index in [0.29, 0.717) is 78.8 Å². The predicted octanol–water partition coefficient (Wildman–Crippen LogP) is 4.08. The van der Waals surface area contributed by atoms with E-state index in [1.165, 1.54) is 0 Å². The molecule has 1 unspecified atom stereocenters. The summed E-state index contributed by atoms with van der Waals surface area (Å²) in [6, 6.07) is 8.55. The minimum Gasteiger partial charge on any atom is -0.394 e. The first-order valence-electron chi connectivity index (χ1n) is 27.5. The van der Waals surface area contributed by atoms with Crippen LogP contribution in [0.2, 0.25) is 0 Å². The molecule has 424 valence electrons. The second kappa shape index (κ2) is 36.6. The summed E-state index contributed by atoms with van der Waals surface area (Å²) in [5.74, 6) is -2.34. The highest BCUT2D eigenvalue weighted by atomic mass is 16.6. The third-order valence-corrected chi connectivity index (χ3v) is 14.8. The molecule has 0 aromatic heterocycles. The van der Waals surface area contributed by atoms with Gasteiger partial charge in [-0.1, -0.05) is 85.2 Å². The Morgan fingerprint density at radius 1 is 0.743 bits per heavy atom. The van der Waals surface area contributed by atoms with Crippen molar-refractivity contribution < 1.29 is 62.2 Å². The molecule has 1 aromatic carbocycles. The quantitative estimate of drug-likeness (QED) is 0.0794. The number of carbonyl (C=O) groups is 5. The lowest BCUT2D eigenvalue weighted by molar-refractivity contribution is -0.149. The lowest BCUT2D eigenvalue weighted by atomic mass is 9.83. The van der Waals surface area contributed by atoms with Crippen molar-refractivity contribution in [2.75, 3.05) is 133 Å². The van der Waals surface area contributed by atoms with E-state index in [2.05, 4.69) is 43.2 Å². The minimum atomic E-state index is -0.642. The molecule has 3 amide bonds. The summed E-state index contributed by atoms with van der Waals surface area (Å²) < 4.78 is 39.5. The van der Waals surface area contributed by atoms with Gasteiger partial charge in [0, 0.05) is 91.1 Å². The number of benzene rings is 1. The Bertz CT molecular complexity index is 1740. The Morgan fingerprint density at radius 3 is 1.85 bits per heavy atom. The highest BCUT2D eigenvalue weighted by Gasteiger charge is 2.44. The molecule has 18 heteroatoms. The van der Waals surface area contributed by atoms with Crippen molar-refractivity contribution in [2.45, 2.75) is 124 Å². The lowest BCUT2D eigenvalue weighted by Gasteiger charge is -2.41. The number of piperazine rings is 1. The SMILES string of the molecule is CC[C@H](C)[C@@H](C(CC(=O)N1CCC[C@H]1[C@H](OC)[C@@H](C)C(=O)C[C@@H](Cc1ccccc1)C(=O)NCCOCCOCCOCCOCCOCCO)OC)N(C)C(=O)[C@@H](CC(=O)[C@H](C(C)C)N1CCNCC1)C(C)C. The van der Waals surface area contributed by atoms with Crippen molar-refractivity contribution in [1.82, 2.24) is 25.3 Å². The third-order valence-electron chi connectivity index (χ3n) is 14.8. The second-order valence-electron chi connectivity index (χ2n) is 20.7. The molecule has 74 heavy (non-hydrogen) atoms. The summed E-state index contributed by atoms with van der Waals surface area (Å²) in [6.07, 6.45) is 1.41. The number of aliphatic hydroxyl groups excluding tert-OH is 1. The molecule has 2 heterocycles. The summed E-state index contributed by atoms with van der Waals surface area (Å²) >= 11 is 0. The molecule has 0 saturated carbocycles. The van der Waals surface area contributed by atoms with Crippen LogP contribution in [0.5, 0.6) is 0 Å². The number of nitrogens with one attached hydrogen (secondary N) is 2. The van der Waals surface area contributed by atoms with Gasteiger partial charge in [0.2, 0.25) is 17.7 Å². The highest BCUT2D eigenvalue weighted by molar-refractivity contribution is 5.90. The second-order valence-corrected chi connectivity index (χ2v) is 20.7. The Balaban J connectivity index is 1.61. The molecular weight excluding hydrogens is 951 g/mol. The first-order chi connectivity index (χ1) is 35.6. The smallest absolute Gasteiger partial charge is 0.226 e. The number of rotatable bonds is 40. The van der Waals surface area contributed by atoms with Crippen molar-refractivity contribution in [2.24, 2.45) is 35.5 Å². The molecule has 2 aliphatic heterocycles. The number of methoxy groups -OCH3 is 2. The highest BCUT2D eigenvalue weighted by Crippen LogP contribution is 2.32. The van der Waals surface area contributed by atoms with E-state index in [9.17, 15) is 24.0 Å². The summed E-state index contributed by atoms with van der Waals surface area (Å²) in [7, 11) is 4.94. The van der Waals surface area contributed by atoms with Crippen molar-refractivity contribution in [3.05, 3.63) is 35.9 Å². The molecule has 0 spiro atoms. The Labute approximate surface area is 443 Å². The van der Waals surface area contributed by atoms with Gasteiger partial charge in [0.1, 0.15) is 5.78 Å². The van der Waals surface area contributed by atoms with Crippen LogP contribution in [-0.2, 0) is 63.6 Å². The fraction of sp³-hybridized carbons (Fsp3) is 0.804. The maximum atomic E-state index is 14.6. The van der Waals surface area contributed by atoms with Crippen LogP contribution in [0.15, 0.2) is 30.3 Å². The van der Waals surface area contributed by atoms with Crippen molar-refractivity contribution in [1.29, 1.82) is 0 Å². The largest absolute Gasteiger partial charge is 0.394 e. The Hall–Kier alpha value is -3.43. The molecule has 0 bridgehead atoms. The van der Waals surface area contributed by atoms with Crippen molar-refractivity contribution >= 4 is 29.3 Å². The number of carbonyl (C=O) groups excluding carboxylic acids is 5. The lowest BCUT2D eigenvalue weighted by Crippen LogP contribution is -2.55. The number of amides is 3. The first-order valence-corrected chi connectivity index (χ1v) is 27.5. The third kappa shape index (κ3) is 21.9. The molecular formula is C56H97N5O13. The number of likely N-dealkylation sites (N-methyl/N-ethyl adjacent to an activating group) is 1.